The summed E-state index contributed by atoms with van der Waals surface area (Å²) >= 11 is 2.10. The molecule has 21 heavy (non-hydrogen) atoms. The molecule has 2 N–H and O–H groups in total. The van der Waals surface area contributed by atoms with Gasteiger partial charge in [-0.25, -0.2) is 27.4 Å². The zero-order valence-electron chi connectivity index (χ0n) is 11.4. The van der Waals surface area contributed by atoms with Crippen LogP contribution in [0.25, 0.3) is 11.0 Å². The number of hydrogen-bond acceptors (Lipinski definition) is 6. The van der Waals surface area contributed by atoms with Crippen LogP contribution >= 0.6 is 22.6 Å². The molecule has 1 fully saturated rings. The van der Waals surface area contributed by atoms with Crippen LogP contribution in [-0.2, 0) is 10.0 Å². The van der Waals surface area contributed by atoms with Crippen molar-refractivity contribution in [3.63, 3.8) is 0 Å². The molecule has 0 radical (unpaired) electrons. The molecule has 0 spiro atoms. The second-order valence-electron chi connectivity index (χ2n) is 5.11. The smallest absolute Gasteiger partial charge is 0.211 e. The lowest BCUT2D eigenvalue weighted by atomic mass is 10.1. The highest BCUT2D eigenvalue weighted by Crippen LogP contribution is 2.29. The first kappa shape index (κ1) is 14.9. The van der Waals surface area contributed by atoms with E-state index in [1.165, 1.54) is 16.9 Å². The summed E-state index contributed by atoms with van der Waals surface area (Å²) in [7, 11) is -3.19. The molecule has 1 saturated heterocycles. The van der Waals surface area contributed by atoms with Crippen LogP contribution in [0.2, 0.25) is 0 Å². The van der Waals surface area contributed by atoms with Crippen LogP contribution in [0, 0.1) is 3.70 Å². The third-order valence-corrected chi connectivity index (χ3v) is 5.67. The molecule has 0 aliphatic carbocycles. The first-order valence-corrected chi connectivity index (χ1v) is 9.40. The van der Waals surface area contributed by atoms with E-state index in [-0.39, 0.29) is 6.04 Å². The van der Waals surface area contributed by atoms with Crippen LogP contribution < -0.4 is 5.73 Å². The molecule has 0 saturated carbocycles. The van der Waals surface area contributed by atoms with Gasteiger partial charge in [-0.15, -0.1) is 0 Å². The van der Waals surface area contributed by atoms with Gasteiger partial charge in [-0.1, -0.05) is 0 Å². The second kappa shape index (κ2) is 5.32. The molecule has 1 aliphatic heterocycles. The Bertz CT molecular complexity index is 789. The van der Waals surface area contributed by atoms with Crippen molar-refractivity contribution in [1.82, 2.24) is 24.1 Å². The maximum Gasteiger partial charge on any atom is 0.211 e. The quantitative estimate of drug-likeness (QED) is 0.711. The Labute approximate surface area is 135 Å². The third kappa shape index (κ3) is 2.71. The van der Waals surface area contributed by atoms with Gasteiger partial charge in [0.05, 0.1) is 17.7 Å². The van der Waals surface area contributed by atoms with Crippen LogP contribution in [0.15, 0.2) is 6.33 Å². The molecular weight excluding hydrogens is 407 g/mol. The van der Waals surface area contributed by atoms with Gasteiger partial charge in [-0.05, 0) is 35.4 Å². The van der Waals surface area contributed by atoms with Gasteiger partial charge in [-0.3, -0.25) is 0 Å². The summed E-state index contributed by atoms with van der Waals surface area (Å²) in [5.74, 6) is 0.395. The predicted molar refractivity (Wildman–Crippen MR) is 87.1 cm³/mol. The van der Waals surface area contributed by atoms with Crippen LogP contribution in [0.3, 0.4) is 0 Å². The molecule has 114 valence electrons. The summed E-state index contributed by atoms with van der Waals surface area (Å²) in [6, 6.07) is -0.0335. The van der Waals surface area contributed by atoms with Gasteiger partial charge >= 0.3 is 0 Å². The summed E-state index contributed by atoms with van der Waals surface area (Å²) in [5.41, 5.74) is 6.54. The Balaban J connectivity index is 2.03. The van der Waals surface area contributed by atoms with E-state index in [4.69, 9.17) is 5.73 Å². The van der Waals surface area contributed by atoms with E-state index in [0.29, 0.717) is 24.6 Å². The van der Waals surface area contributed by atoms with Crippen LogP contribution in [-0.4, -0.2) is 51.8 Å². The van der Waals surface area contributed by atoms with E-state index < -0.39 is 10.0 Å². The standard InChI is InChI=1S/C11H15IN6O2S/c1-21(19,20)17-4-2-3-7(5-17)18-11-8(9(12)16-18)10(13)14-6-15-11/h6-7H,2-5H2,1H3,(H2,13,14,15). The summed E-state index contributed by atoms with van der Waals surface area (Å²) in [6.07, 6.45) is 4.31. The average molecular weight is 422 g/mol. The largest absolute Gasteiger partial charge is 0.383 e. The molecule has 2 aromatic rings. The highest BCUT2D eigenvalue weighted by Gasteiger charge is 2.29. The van der Waals surface area contributed by atoms with Gasteiger partial charge in [0.2, 0.25) is 10.0 Å². The van der Waals surface area contributed by atoms with Gasteiger partial charge in [-0.2, -0.15) is 5.10 Å². The monoisotopic (exact) mass is 422 g/mol. The fraction of sp³-hybridized carbons (Fsp3) is 0.545. The lowest BCUT2D eigenvalue weighted by Crippen LogP contribution is -2.40. The molecule has 1 aliphatic rings. The van der Waals surface area contributed by atoms with Gasteiger partial charge < -0.3 is 5.73 Å². The van der Waals surface area contributed by atoms with E-state index in [0.717, 1.165) is 21.9 Å². The highest BCUT2D eigenvalue weighted by atomic mass is 127. The topological polar surface area (TPSA) is 107 Å². The number of sulfonamides is 1. The van der Waals surface area contributed by atoms with Gasteiger partial charge in [0.25, 0.3) is 0 Å². The lowest BCUT2D eigenvalue weighted by molar-refractivity contribution is 0.258. The lowest BCUT2D eigenvalue weighted by Gasteiger charge is -2.31. The molecule has 10 heteroatoms. The summed E-state index contributed by atoms with van der Waals surface area (Å²) in [5, 5.41) is 5.22. The maximum atomic E-state index is 11.7. The van der Waals surface area contributed by atoms with E-state index >= 15 is 0 Å². The first-order valence-electron chi connectivity index (χ1n) is 6.47. The number of rotatable bonds is 2. The molecule has 0 bridgehead atoms. The molecule has 0 amide bonds. The zero-order chi connectivity index (χ0) is 15.2. The Hall–Kier alpha value is -1.01. The molecule has 0 aromatic carbocycles. The molecule has 3 rings (SSSR count). The SMILES string of the molecule is CS(=O)(=O)N1CCCC(n2nc(I)c3c(N)ncnc32)C1. The van der Waals surface area contributed by atoms with E-state index in [1.807, 2.05) is 0 Å². The summed E-state index contributed by atoms with van der Waals surface area (Å²) < 4.78 is 27.5. The number of aromatic nitrogens is 4. The fourth-order valence-corrected chi connectivity index (χ4v) is 4.28. The number of nitrogens with zero attached hydrogens (tertiary/aromatic N) is 5. The molecule has 1 unspecified atom stereocenters. The van der Waals surface area contributed by atoms with Gasteiger partial charge in [0.15, 0.2) is 5.65 Å². The summed E-state index contributed by atoms with van der Waals surface area (Å²) in [6.45, 7) is 0.971. The molecule has 8 nitrogen and oxygen atoms in total. The minimum Gasteiger partial charge on any atom is -0.383 e. The maximum absolute atomic E-state index is 11.7. The van der Waals surface area contributed by atoms with Crippen molar-refractivity contribution in [3.8, 4) is 0 Å². The number of nitrogen functional groups attached to an aromatic ring is 1. The Kier molecular flexibility index (Phi) is 3.78. The van der Waals surface area contributed by atoms with Crippen LogP contribution in [0.4, 0.5) is 5.82 Å². The normalized spacial score (nSPS) is 21.0. The number of piperidine rings is 1. The fourth-order valence-electron chi connectivity index (χ4n) is 2.63. The highest BCUT2D eigenvalue weighted by molar-refractivity contribution is 14.1. The minimum absolute atomic E-state index is 0.0335. The minimum atomic E-state index is -3.19. The number of fused-ring (bicyclic) bond motifs is 1. The number of halogens is 1. The van der Waals surface area contributed by atoms with Crippen molar-refractivity contribution in [3.05, 3.63) is 10.0 Å². The van der Waals surface area contributed by atoms with Crippen molar-refractivity contribution in [2.24, 2.45) is 0 Å². The number of hydrogen-bond donors (Lipinski definition) is 1. The van der Waals surface area contributed by atoms with E-state index in [1.54, 1.807) is 4.68 Å². The van der Waals surface area contributed by atoms with E-state index in [2.05, 4.69) is 37.7 Å². The Morgan fingerprint density at radius 1 is 1.43 bits per heavy atom. The molecule has 3 heterocycles. The predicted octanol–water partition coefficient (Wildman–Crippen LogP) is 0.610. The first-order chi connectivity index (χ1) is 9.88. The van der Waals surface area contributed by atoms with Gasteiger partial charge in [0, 0.05) is 13.1 Å². The Morgan fingerprint density at radius 3 is 2.90 bits per heavy atom. The van der Waals surface area contributed by atoms with Crippen molar-refractivity contribution in [2.45, 2.75) is 18.9 Å². The second-order valence-corrected chi connectivity index (χ2v) is 8.11. The van der Waals surface area contributed by atoms with Crippen LogP contribution in [0.1, 0.15) is 18.9 Å². The average Bonchev–Trinajstić information content (AvgIpc) is 2.77. The Morgan fingerprint density at radius 2 is 2.19 bits per heavy atom. The molecular formula is C11H15IN6O2S. The van der Waals surface area contributed by atoms with Gasteiger partial charge in [0.1, 0.15) is 15.8 Å². The van der Waals surface area contributed by atoms with E-state index in [9.17, 15) is 8.42 Å². The summed E-state index contributed by atoms with van der Waals surface area (Å²) in [4.78, 5) is 8.24. The van der Waals surface area contributed by atoms with Crippen LogP contribution in [0.5, 0.6) is 0 Å². The van der Waals surface area contributed by atoms with Crippen molar-refractivity contribution >= 4 is 49.5 Å². The number of nitrogens with two attached hydrogens (primary N) is 1. The molecule has 1 atom stereocenters. The third-order valence-electron chi connectivity index (χ3n) is 3.65. The number of anilines is 1. The van der Waals surface area contributed by atoms with Crippen molar-refractivity contribution < 1.29 is 8.42 Å². The van der Waals surface area contributed by atoms with Crippen molar-refractivity contribution in [1.29, 1.82) is 0 Å². The zero-order valence-corrected chi connectivity index (χ0v) is 14.4. The van der Waals surface area contributed by atoms with Crippen molar-refractivity contribution in [2.75, 3.05) is 25.1 Å². The molecule has 2 aromatic heterocycles.